The summed E-state index contributed by atoms with van der Waals surface area (Å²) in [5, 5.41) is 8.20. The maximum atomic E-state index is 12.9. The molecule has 0 unspecified atom stereocenters. The minimum atomic E-state index is -0.578. The first-order valence-electron chi connectivity index (χ1n) is 9.06. The zero-order valence-electron chi connectivity index (χ0n) is 15.9. The molecule has 0 saturated heterocycles. The molecule has 4 heterocycles. The lowest BCUT2D eigenvalue weighted by Crippen LogP contribution is -2.50. The van der Waals surface area contributed by atoms with Gasteiger partial charge in [-0.3, -0.25) is 14.3 Å². The second-order valence-electron chi connectivity index (χ2n) is 7.07. The monoisotopic (exact) mass is 385 g/mol. The Bertz CT molecular complexity index is 996. The Morgan fingerprint density at radius 1 is 1.37 bits per heavy atom. The number of hydrogen-bond acceptors (Lipinski definition) is 4. The first kappa shape index (κ1) is 17.8. The van der Waals surface area contributed by atoms with E-state index in [0.29, 0.717) is 11.4 Å². The van der Waals surface area contributed by atoms with Gasteiger partial charge in [-0.25, -0.2) is 0 Å². The van der Waals surface area contributed by atoms with E-state index in [-0.39, 0.29) is 17.9 Å². The Labute approximate surface area is 161 Å². The summed E-state index contributed by atoms with van der Waals surface area (Å²) in [6, 6.07) is 5.32. The lowest BCUT2D eigenvalue weighted by molar-refractivity contribution is -0.136. The van der Waals surface area contributed by atoms with Gasteiger partial charge in [0, 0.05) is 37.4 Å². The maximum absolute atomic E-state index is 12.9. The number of aromatic nitrogens is 3. The van der Waals surface area contributed by atoms with Gasteiger partial charge in [0.1, 0.15) is 10.9 Å². The molecule has 0 saturated carbocycles. The molecule has 142 valence electrons. The summed E-state index contributed by atoms with van der Waals surface area (Å²) in [6.07, 6.45) is 2.04. The third-order valence-corrected chi connectivity index (χ3v) is 6.46. The van der Waals surface area contributed by atoms with Gasteiger partial charge in [-0.05, 0) is 39.0 Å². The van der Waals surface area contributed by atoms with Crippen LogP contribution in [0.4, 0.5) is 0 Å². The maximum Gasteiger partial charge on any atom is 0.262 e. The topological polar surface area (TPSA) is 72.2 Å². The molecule has 8 heteroatoms. The Kier molecular flexibility index (Phi) is 4.30. The zero-order chi connectivity index (χ0) is 19.3. The highest BCUT2D eigenvalue weighted by molar-refractivity contribution is 7.20. The van der Waals surface area contributed by atoms with Crippen LogP contribution in [0, 0.1) is 6.92 Å². The Hall–Kier alpha value is -2.61. The van der Waals surface area contributed by atoms with Gasteiger partial charge >= 0.3 is 0 Å². The molecule has 0 aromatic carbocycles. The molecule has 1 aliphatic heterocycles. The SMILES string of the molecule is Cc1nn(C)c2sc(C(=O)N[C@H](C)C(=O)N3CCn4cccc4[C@@H]3C)cc12. The molecule has 4 rings (SSSR count). The summed E-state index contributed by atoms with van der Waals surface area (Å²) in [6.45, 7) is 7.13. The fourth-order valence-electron chi connectivity index (χ4n) is 3.78. The van der Waals surface area contributed by atoms with E-state index in [0.717, 1.165) is 28.1 Å². The lowest BCUT2D eigenvalue weighted by atomic mass is 10.1. The smallest absolute Gasteiger partial charge is 0.262 e. The van der Waals surface area contributed by atoms with Gasteiger partial charge in [0.15, 0.2) is 0 Å². The van der Waals surface area contributed by atoms with E-state index in [1.807, 2.05) is 50.2 Å². The summed E-state index contributed by atoms with van der Waals surface area (Å²) < 4.78 is 3.95. The van der Waals surface area contributed by atoms with Crippen LogP contribution >= 0.6 is 11.3 Å². The van der Waals surface area contributed by atoms with Gasteiger partial charge in [-0.1, -0.05) is 0 Å². The van der Waals surface area contributed by atoms with Crippen LogP contribution in [0.5, 0.6) is 0 Å². The summed E-state index contributed by atoms with van der Waals surface area (Å²) in [5.41, 5.74) is 2.03. The average molecular weight is 385 g/mol. The highest BCUT2D eigenvalue weighted by Crippen LogP contribution is 2.28. The fourth-order valence-corrected chi connectivity index (χ4v) is 4.80. The number of carbonyl (C=O) groups is 2. The van der Waals surface area contributed by atoms with E-state index in [4.69, 9.17) is 0 Å². The summed E-state index contributed by atoms with van der Waals surface area (Å²) >= 11 is 1.39. The number of thiophene rings is 1. The van der Waals surface area contributed by atoms with E-state index in [1.165, 1.54) is 11.3 Å². The average Bonchev–Trinajstić information content (AvgIpc) is 3.33. The van der Waals surface area contributed by atoms with Crippen molar-refractivity contribution >= 4 is 33.4 Å². The number of nitrogens with zero attached hydrogens (tertiary/aromatic N) is 4. The molecule has 2 amide bonds. The molecule has 1 aliphatic rings. The van der Waals surface area contributed by atoms with Crippen LogP contribution < -0.4 is 5.32 Å². The van der Waals surface area contributed by atoms with Crippen molar-refractivity contribution in [1.82, 2.24) is 24.6 Å². The molecule has 7 nitrogen and oxygen atoms in total. The van der Waals surface area contributed by atoms with E-state index in [2.05, 4.69) is 15.0 Å². The van der Waals surface area contributed by atoms with Crippen molar-refractivity contribution < 1.29 is 9.59 Å². The molecule has 2 atom stereocenters. The molecular formula is C19H23N5O2S. The standard InChI is InChI=1S/C19H23N5O2S/c1-11-14-10-16(27-19(14)22(4)21-11)17(25)20-12(2)18(26)24-9-8-23-7-5-6-15(23)13(24)3/h5-7,10,12-13H,8-9H2,1-4H3,(H,20,25)/t12-,13+/m1/s1. The number of hydrogen-bond donors (Lipinski definition) is 1. The predicted molar refractivity (Wildman–Crippen MR) is 105 cm³/mol. The number of rotatable bonds is 3. The highest BCUT2D eigenvalue weighted by atomic mass is 32.1. The molecule has 27 heavy (non-hydrogen) atoms. The summed E-state index contributed by atoms with van der Waals surface area (Å²) in [5.74, 6) is -0.272. The van der Waals surface area contributed by atoms with Crippen molar-refractivity contribution in [2.24, 2.45) is 7.05 Å². The first-order chi connectivity index (χ1) is 12.9. The third kappa shape index (κ3) is 2.93. The van der Waals surface area contributed by atoms with Crippen molar-refractivity contribution in [1.29, 1.82) is 0 Å². The van der Waals surface area contributed by atoms with Gasteiger partial charge in [0.2, 0.25) is 5.91 Å². The summed E-state index contributed by atoms with van der Waals surface area (Å²) in [4.78, 5) is 29.0. The normalized spacial score (nSPS) is 17.8. The fraction of sp³-hybridized carbons (Fsp3) is 0.421. The van der Waals surface area contributed by atoms with Crippen LogP contribution in [-0.4, -0.2) is 43.6 Å². The van der Waals surface area contributed by atoms with Gasteiger partial charge < -0.3 is 14.8 Å². The molecule has 0 spiro atoms. The molecule has 0 fully saturated rings. The molecule has 3 aromatic rings. The van der Waals surface area contributed by atoms with Crippen molar-refractivity contribution in [2.75, 3.05) is 6.54 Å². The van der Waals surface area contributed by atoms with Gasteiger partial charge in [-0.2, -0.15) is 5.10 Å². The van der Waals surface area contributed by atoms with Crippen LogP contribution in [0.2, 0.25) is 0 Å². The van der Waals surface area contributed by atoms with Crippen LogP contribution in [0.15, 0.2) is 24.4 Å². The van der Waals surface area contributed by atoms with Crippen LogP contribution in [-0.2, 0) is 18.4 Å². The lowest BCUT2D eigenvalue weighted by Gasteiger charge is -2.36. The van der Waals surface area contributed by atoms with Gasteiger partial charge in [-0.15, -0.1) is 11.3 Å². The van der Waals surface area contributed by atoms with Gasteiger partial charge in [0.05, 0.1) is 16.6 Å². The van der Waals surface area contributed by atoms with Crippen molar-refractivity contribution in [3.63, 3.8) is 0 Å². The van der Waals surface area contributed by atoms with E-state index < -0.39 is 6.04 Å². The molecule has 0 radical (unpaired) electrons. The molecule has 0 bridgehead atoms. The Balaban J connectivity index is 1.48. The number of nitrogens with one attached hydrogen (secondary N) is 1. The summed E-state index contributed by atoms with van der Waals surface area (Å²) in [7, 11) is 1.87. The molecule has 3 aromatic heterocycles. The minimum Gasteiger partial charge on any atom is -0.348 e. The second kappa shape index (κ2) is 6.53. The van der Waals surface area contributed by atoms with E-state index in [1.54, 1.807) is 11.6 Å². The minimum absolute atomic E-state index is 0.00125. The zero-order valence-corrected chi connectivity index (χ0v) is 16.7. The number of fused-ring (bicyclic) bond motifs is 2. The van der Waals surface area contributed by atoms with Crippen molar-refractivity contribution in [3.8, 4) is 0 Å². The largest absolute Gasteiger partial charge is 0.348 e. The molecule has 0 aliphatic carbocycles. The van der Waals surface area contributed by atoms with Gasteiger partial charge in [0.25, 0.3) is 5.91 Å². The number of amides is 2. The molecule has 1 N–H and O–H groups in total. The van der Waals surface area contributed by atoms with E-state index in [9.17, 15) is 9.59 Å². The number of aryl methyl sites for hydroxylation is 2. The highest BCUT2D eigenvalue weighted by Gasteiger charge is 2.31. The first-order valence-corrected chi connectivity index (χ1v) is 9.88. The van der Waals surface area contributed by atoms with Crippen LogP contribution in [0.25, 0.3) is 10.2 Å². The van der Waals surface area contributed by atoms with Crippen LogP contribution in [0.3, 0.4) is 0 Å². The third-order valence-electron chi connectivity index (χ3n) is 5.26. The predicted octanol–water partition coefficient (Wildman–Crippen LogP) is 2.47. The second-order valence-corrected chi connectivity index (χ2v) is 8.10. The van der Waals surface area contributed by atoms with Crippen LogP contribution in [0.1, 0.15) is 40.9 Å². The Morgan fingerprint density at radius 3 is 2.89 bits per heavy atom. The van der Waals surface area contributed by atoms with Crippen molar-refractivity contribution in [3.05, 3.63) is 40.7 Å². The molecular weight excluding hydrogens is 362 g/mol. The number of carbonyl (C=O) groups excluding carboxylic acids is 2. The quantitative estimate of drug-likeness (QED) is 0.753. The van der Waals surface area contributed by atoms with Crippen molar-refractivity contribution in [2.45, 2.75) is 39.4 Å². The Morgan fingerprint density at radius 2 is 2.15 bits per heavy atom. The van der Waals surface area contributed by atoms with E-state index >= 15 is 0 Å².